The van der Waals surface area contributed by atoms with Crippen molar-refractivity contribution in [3.63, 3.8) is 0 Å². The molecule has 0 unspecified atom stereocenters. The fraction of sp³-hybridized carbons (Fsp3) is 0.333. The normalized spacial score (nSPS) is 20.6. The number of anilines is 1. The second kappa shape index (κ2) is 7.85. The molecule has 1 N–H and O–H groups in total. The minimum absolute atomic E-state index is 0.241. The highest BCUT2D eigenvalue weighted by atomic mass is 32.2. The maximum absolute atomic E-state index is 13.0. The van der Waals surface area contributed by atoms with Crippen molar-refractivity contribution in [3.05, 3.63) is 53.5 Å². The van der Waals surface area contributed by atoms with Crippen LogP contribution >= 0.6 is 11.3 Å². The summed E-state index contributed by atoms with van der Waals surface area (Å²) in [6, 6.07) is 11.7. The molecule has 0 saturated carbocycles. The minimum atomic E-state index is -3.53. The fourth-order valence-electron chi connectivity index (χ4n) is 3.86. The van der Waals surface area contributed by atoms with E-state index in [1.807, 2.05) is 6.07 Å². The standard InChI is InChI=1S/C21H23N3O3S2/c1-14-9-15(2)12-24(11-14)29(26,27)18-6-4-17(5-7-18)23-21(25)16-3-8-19-20(10-16)28-13-22-19/h3-8,10,13-15H,9,11-12H2,1-2H3,(H,23,25)/t14-,15+. The molecule has 152 valence electrons. The van der Waals surface area contributed by atoms with Crippen molar-refractivity contribution in [1.82, 2.24) is 9.29 Å². The van der Waals surface area contributed by atoms with E-state index >= 15 is 0 Å². The van der Waals surface area contributed by atoms with E-state index in [-0.39, 0.29) is 10.8 Å². The smallest absolute Gasteiger partial charge is 0.255 e. The molecular formula is C21H23N3O3S2. The zero-order valence-corrected chi connectivity index (χ0v) is 18.0. The molecule has 29 heavy (non-hydrogen) atoms. The Hall–Kier alpha value is -2.29. The van der Waals surface area contributed by atoms with Crippen LogP contribution in [0.15, 0.2) is 52.9 Å². The number of thiazole rings is 1. The molecule has 1 aromatic heterocycles. The van der Waals surface area contributed by atoms with Gasteiger partial charge in [0.25, 0.3) is 5.91 Å². The Morgan fingerprint density at radius 1 is 1.10 bits per heavy atom. The van der Waals surface area contributed by atoms with Crippen molar-refractivity contribution in [3.8, 4) is 0 Å². The van der Waals surface area contributed by atoms with E-state index in [1.54, 1.807) is 46.2 Å². The van der Waals surface area contributed by atoms with E-state index in [4.69, 9.17) is 0 Å². The summed E-state index contributed by atoms with van der Waals surface area (Å²) in [6.07, 6.45) is 1.05. The van der Waals surface area contributed by atoms with Crippen LogP contribution in [-0.2, 0) is 10.0 Å². The van der Waals surface area contributed by atoms with Crippen LogP contribution in [0.1, 0.15) is 30.6 Å². The molecule has 0 bridgehead atoms. The molecule has 4 rings (SSSR count). The molecule has 2 aromatic carbocycles. The number of carbonyl (C=O) groups excluding carboxylic acids is 1. The highest BCUT2D eigenvalue weighted by Crippen LogP contribution is 2.27. The van der Waals surface area contributed by atoms with E-state index in [2.05, 4.69) is 24.1 Å². The average molecular weight is 430 g/mol. The Kier molecular flexibility index (Phi) is 5.42. The summed E-state index contributed by atoms with van der Waals surface area (Å²) in [6.45, 7) is 5.26. The summed E-state index contributed by atoms with van der Waals surface area (Å²) in [7, 11) is -3.53. The third-order valence-electron chi connectivity index (χ3n) is 5.18. The Morgan fingerprint density at radius 2 is 1.79 bits per heavy atom. The van der Waals surface area contributed by atoms with Gasteiger partial charge in [-0.05, 0) is 60.7 Å². The average Bonchev–Trinajstić information content (AvgIpc) is 3.15. The predicted molar refractivity (Wildman–Crippen MR) is 116 cm³/mol. The fourth-order valence-corrected chi connectivity index (χ4v) is 6.26. The topological polar surface area (TPSA) is 79.4 Å². The minimum Gasteiger partial charge on any atom is -0.322 e. The number of nitrogens with zero attached hydrogens (tertiary/aromatic N) is 2. The van der Waals surface area contributed by atoms with Crippen LogP contribution in [0.2, 0.25) is 0 Å². The van der Waals surface area contributed by atoms with Gasteiger partial charge in [-0.2, -0.15) is 4.31 Å². The zero-order valence-electron chi connectivity index (χ0n) is 16.3. The van der Waals surface area contributed by atoms with E-state index in [9.17, 15) is 13.2 Å². The number of carbonyl (C=O) groups is 1. The number of benzene rings is 2. The summed E-state index contributed by atoms with van der Waals surface area (Å²) in [5.74, 6) is 0.459. The van der Waals surface area contributed by atoms with Gasteiger partial charge in [-0.1, -0.05) is 13.8 Å². The van der Waals surface area contributed by atoms with Crippen molar-refractivity contribution in [2.45, 2.75) is 25.2 Å². The van der Waals surface area contributed by atoms with Gasteiger partial charge >= 0.3 is 0 Å². The summed E-state index contributed by atoms with van der Waals surface area (Å²) in [4.78, 5) is 17.0. The van der Waals surface area contributed by atoms with Gasteiger partial charge in [0.15, 0.2) is 0 Å². The van der Waals surface area contributed by atoms with Crippen LogP contribution in [0, 0.1) is 11.8 Å². The summed E-state index contributed by atoms with van der Waals surface area (Å²) in [5, 5.41) is 2.82. The molecule has 1 fully saturated rings. The summed E-state index contributed by atoms with van der Waals surface area (Å²) in [5.41, 5.74) is 3.70. The predicted octanol–water partition coefficient (Wildman–Crippen LogP) is 4.22. The molecule has 0 aliphatic carbocycles. The van der Waals surface area contributed by atoms with Crippen molar-refractivity contribution < 1.29 is 13.2 Å². The first-order chi connectivity index (χ1) is 13.8. The van der Waals surface area contributed by atoms with Crippen molar-refractivity contribution >= 4 is 43.2 Å². The quantitative estimate of drug-likeness (QED) is 0.674. The van der Waals surface area contributed by atoms with Crippen molar-refractivity contribution in [2.75, 3.05) is 18.4 Å². The molecule has 2 atom stereocenters. The van der Waals surface area contributed by atoms with Crippen LogP contribution in [0.4, 0.5) is 5.69 Å². The molecule has 0 radical (unpaired) electrons. The lowest BCUT2D eigenvalue weighted by atomic mass is 9.94. The van der Waals surface area contributed by atoms with Crippen molar-refractivity contribution in [2.24, 2.45) is 11.8 Å². The first kappa shape index (κ1) is 20.0. The van der Waals surface area contributed by atoms with E-state index in [0.717, 1.165) is 16.6 Å². The molecule has 6 nitrogen and oxygen atoms in total. The third-order valence-corrected chi connectivity index (χ3v) is 7.82. The molecule has 2 heterocycles. The molecular weight excluding hydrogens is 406 g/mol. The highest BCUT2D eigenvalue weighted by molar-refractivity contribution is 7.89. The maximum Gasteiger partial charge on any atom is 0.255 e. The largest absolute Gasteiger partial charge is 0.322 e. The van der Waals surface area contributed by atoms with E-state index in [1.165, 1.54) is 11.3 Å². The van der Waals surface area contributed by atoms with Gasteiger partial charge in [-0.25, -0.2) is 13.4 Å². The highest BCUT2D eigenvalue weighted by Gasteiger charge is 2.31. The second-order valence-corrected chi connectivity index (χ2v) is 10.6. The van der Waals surface area contributed by atoms with Crippen LogP contribution in [0.25, 0.3) is 10.2 Å². The monoisotopic (exact) mass is 429 g/mol. The molecule has 1 aliphatic heterocycles. The van der Waals surface area contributed by atoms with E-state index < -0.39 is 10.0 Å². The number of amides is 1. The Morgan fingerprint density at radius 3 is 2.48 bits per heavy atom. The first-order valence-corrected chi connectivity index (χ1v) is 11.9. The Balaban J connectivity index is 1.49. The van der Waals surface area contributed by atoms with Gasteiger partial charge in [0.2, 0.25) is 10.0 Å². The van der Waals surface area contributed by atoms with Crippen molar-refractivity contribution in [1.29, 1.82) is 0 Å². The number of piperidine rings is 1. The Labute approximate surface area is 174 Å². The third kappa shape index (κ3) is 4.19. The van der Waals surface area contributed by atoms with Crippen LogP contribution in [-0.4, -0.2) is 36.7 Å². The van der Waals surface area contributed by atoms with Gasteiger partial charge in [0, 0.05) is 24.3 Å². The molecule has 8 heteroatoms. The molecule has 1 amide bonds. The molecule has 1 aliphatic rings. The van der Waals surface area contributed by atoms with Gasteiger partial charge < -0.3 is 5.32 Å². The number of hydrogen-bond donors (Lipinski definition) is 1. The summed E-state index contributed by atoms with van der Waals surface area (Å²) >= 11 is 1.48. The second-order valence-electron chi connectivity index (χ2n) is 7.78. The number of rotatable bonds is 4. The van der Waals surface area contributed by atoms with Crippen LogP contribution in [0.3, 0.4) is 0 Å². The van der Waals surface area contributed by atoms with Crippen LogP contribution < -0.4 is 5.32 Å². The van der Waals surface area contributed by atoms with Gasteiger partial charge in [0.1, 0.15) is 0 Å². The number of nitrogens with one attached hydrogen (secondary N) is 1. The first-order valence-electron chi connectivity index (χ1n) is 9.58. The summed E-state index contributed by atoms with van der Waals surface area (Å²) < 4.78 is 28.5. The maximum atomic E-state index is 13.0. The Bertz CT molecular complexity index is 1130. The zero-order chi connectivity index (χ0) is 20.6. The SMILES string of the molecule is C[C@@H]1C[C@H](C)CN(S(=O)(=O)c2ccc(NC(=O)c3ccc4ncsc4c3)cc2)C1. The lowest BCUT2D eigenvalue weighted by molar-refractivity contribution is 0.102. The van der Waals surface area contributed by atoms with Gasteiger partial charge in [-0.15, -0.1) is 11.3 Å². The van der Waals surface area contributed by atoms with Crippen LogP contribution in [0.5, 0.6) is 0 Å². The molecule has 0 spiro atoms. The molecule has 1 saturated heterocycles. The van der Waals surface area contributed by atoms with Gasteiger partial charge in [-0.3, -0.25) is 4.79 Å². The molecule has 3 aromatic rings. The number of aromatic nitrogens is 1. The number of sulfonamides is 1. The van der Waals surface area contributed by atoms with Gasteiger partial charge in [0.05, 0.1) is 20.6 Å². The number of fused-ring (bicyclic) bond motifs is 1. The lowest BCUT2D eigenvalue weighted by Gasteiger charge is -2.34. The number of hydrogen-bond acceptors (Lipinski definition) is 5. The lowest BCUT2D eigenvalue weighted by Crippen LogP contribution is -2.42. The van der Waals surface area contributed by atoms with E-state index in [0.29, 0.717) is 36.2 Å².